The number of carbonyl (C=O) groups is 1. The number of nitrogens with zero attached hydrogens (tertiary/aromatic N) is 2. The maximum absolute atomic E-state index is 10.9. The summed E-state index contributed by atoms with van der Waals surface area (Å²) in [5.41, 5.74) is 0.965. The fraction of sp³-hybridized carbons (Fsp3) is 0.571. The van der Waals surface area contributed by atoms with E-state index in [0.29, 0.717) is 6.04 Å². The van der Waals surface area contributed by atoms with Crippen LogP contribution in [0.1, 0.15) is 48.3 Å². The summed E-state index contributed by atoms with van der Waals surface area (Å²) in [7, 11) is 2.10. The predicted octanol–water partition coefficient (Wildman–Crippen LogP) is 2.54. The summed E-state index contributed by atoms with van der Waals surface area (Å²) >= 11 is 0. The summed E-state index contributed by atoms with van der Waals surface area (Å²) in [6.07, 6.45) is 6.44. The molecule has 1 N–H and O–H groups in total. The zero-order valence-corrected chi connectivity index (χ0v) is 10.8. The maximum atomic E-state index is 10.9. The molecule has 1 saturated carbocycles. The largest absolute Gasteiger partial charge is 0.477 e. The Labute approximate surface area is 108 Å². The molecule has 18 heavy (non-hydrogen) atoms. The molecule has 1 aliphatic rings. The molecule has 1 fully saturated rings. The van der Waals surface area contributed by atoms with Gasteiger partial charge in [-0.3, -0.25) is 4.90 Å². The highest BCUT2D eigenvalue weighted by Gasteiger charge is 2.18. The summed E-state index contributed by atoms with van der Waals surface area (Å²) in [6, 6.07) is 5.81. The zero-order valence-electron chi connectivity index (χ0n) is 10.8. The standard InChI is InChI=1S/C14H20N2O2/c1-16(12-7-3-2-4-8-12)10-11-6-5-9-13(15-11)14(17)18/h5-6,9,12H,2-4,7-8,10H2,1H3,(H,17,18). The highest BCUT2D eigenvalue weighted by molar-refractivity contribution is 5.85. The van der Waals surface area contributed by atoms with E-state index in [1.54, 1.807) is 6.07 Å². The van der Waals surface area contributed by atoms with E-state index >= 15 is 0 Å². The van der Waals surface area contributed by atoms with Gasteiger partial charge in [-0.05, 0) is 32.0 Å². The SMILES string of the molecule is CN(Cc1cccc(C(=O)O)n1)C1CCCCC1. The van der Waals surface area contributed by atoms with Crippen molar-refractivity contribution in [2.24, 2.45) is 0 Å². The number of hydrogen-bond donors (Lipinski definition) is 1. The minimum atomic E-state index is -0.961. The summed E-state index contributed by atoms with van der Waals surface area (Å²) in [5.74, 6) is -0.961. The average Bonchev–Trinajstić information content (AvgIpc) is 2.40. The van der Waals surface area contributed by atoms with Gasteiger partial charge in [0.25, 0.3) is 0 Å². The van der Waals surface area contributed by atoms with Crippen molar-refractivity contribution in [1.29, 1.82) is 0 Å². The Morgan fingerprint density at radius 1 is 1.39 bits per heavy atom. The number of carboxylic acid groups (broad SMARTS) is 1. The van der Waals surface area contributed by atoms with E-state index in [4.69, 9.17) is 5.11 Å². The van der Waals surface area contributed by atoms with Crippen molar-refractivity contribution < 1.29 is 9.90 Å². The van der Waals surface area contributed by atoms with Gasteiger partial charge in [0, 0.05) is 12.6 Å². The Kier molecular flexibility index (Phi) is 4.31. The average molecular weight is 248 g/mol. The molecule has 1 heterocycles. The summed E-state index contributed by atoms with van der Waals surface area (Å²) < 4.78 is 0. The smallest absolute Gasteiger partial charge is 0.354 e. The van der Waals surface area contributed by atoms with Crippen LogP contribution in [0.3, 0.4) is 0 Å². The van der Waals surface area contributed by atoms with Gasteiger partial charge < -0.3 is 5.11 Å². The monoisotopic (exact) mass is 248 g/mol. The molecule has 0 radical (unpaired) electrons. The number of hydrogen-bond acceptors (Lipinski definition) is 3. The highest BCUT2D eigenvalue weighted by atomic mass is 16.4. The van der Waals surface area contributed by atoms with Crippen molar-refractivity contribution in [3.63, 3.8) is 0 Å². The molecule has 0 unspecified atom stereocenters. The summed E-state index contributed by atoms with van der Waals surface area (Å²) in [4.78, 5) is 17.3. The third-order valence-corrected chi connectivity index (χ3v) is 3.64. The van der Waals surface area contributed by atoms with Gasteiger partial charge in [0.1, 0.15) is 5.69 Å². The van der Waals surface area contributed by atoms with E-state index in [1.807, 2.05) is 6.07 Å². The minimum Gasteiger partial charge on any atom is -0.477 e. The zero-order chi connectivity index (χ0) is 13.0. The minimum absolute atomic E-state index is 0.129. The molecule has 0 aliphatic heterocycles. The molecule has 0 aromatic carbocycles. The van der Waals surface area contributed by atoms with Crippen LogP contribution in [-0.2, 0) is 6.54 Å². The normalized spacial score (nSPS) is 17.0. The molecule has 1 aromatic rings. The number of pyridine rings is 1. The Morgan fingerprint density at radius 3 is 2.78 bits per heavy atom. The number of carboxylic acids is 1. The second-order valence-electron chi connectivity index (χ2n) is 5.03. The van der Waals surface area contributed by atoms with E-state index in [-0.39, 0.29) is 5.69 Å². The Bertz CT molecular complexity index is 414. The molecule has 0 saturated heterocycles. The predicted molar refractivity (Wildman–Crippen MR) is 69.5 cm³/mol. The quantitative estimate of drug-likeness (QED) is 0.889. The van der Waals surface area contributed by atoms with Gasteiger partial charge in [-0.15, -0.1) is 0 Å². The number of rotatable bonds is 4. The second-order valence-corrected chi connectivity index (χ2v) is 5.03. The fourth-order valence-corrected chi connectivity index (χ4v) is 2.59. The van der Waals surface area contributed by atoms with Crippen molar-refractivity contribution in [2.75, 3.05) is 7.05 Å². The second kappa shape index (κ2) is 5.96. The van der Waals surface area contributed by atoms with Crippen LogP contribution >= 0.6 is 0 Å². The lowest BCUT2D eigenvalue weighted by molar-refractivity contribution is 0.0689. The van der Waals surface area contributed by atoms with Crippen LogP contribution in [0.25, 0.3) is 0 Å². The summed E-state index contributed by atoms with van der Waals surface area (Å²) in [5, 5.41) is 8.92. The van der Waals surface area contributed by atoms with Crippen LogP contribution in [-0.4, -0.2) is 34.0 Å². The molecule has 1 aliphatic carbocycles. The molecular formula is C14H20N2O2. The Morgan fingerprint density at radius 2 is 2.11 bits per heavy atom. The van der Waals surface area contributed by atoms with Crippen LogP contribution in [0.4, 0.5) is 0 Å². The lowest BCUT2D eigenvalue weighted by atomic mass is 9.94. The van der Waals surface area contributed by atoms with Crippen molar-refractivity contribution in [1.82, 2.24) is 9.88 Å². The molecule has 0 atom stereocenters. The van der Waals surface area contributed by atoms with E-state index in [0.717, 1.165) is 12.2 Å². The number of aromatic nitrogens is 1. The van der Waals surface area contributed by atoms with Crippen molar-refractivity contribution in [2.45, 2.75) is 44.7 Å². The molecule has 1 aromatic heterocycles. The van der Waals surface area contributed by atoms with Gasteiger partial charge in [0.05, 0.1) is 5.69 Å². The van der Waals surface area contributed by atoms with E-state index in [2.05, 4.69) is 16.9 Å². The molecule has 0 spiro atoms. The van der Waals surface area contributed by atoms with E-state index < -0.39 is 5.97 Å². The van der Waals surface area contributed by atoms with E-state index in [9.17, 15) is 4.79 Å². The van der Waals surface area contributed by atoms with Crippen molar-refractivity contribution in [3.05, 3.63) is 29.6 Å². The molecule has 2 rings (SSSR count). The molecule has 0 bridgehead atoms. The van der Waals surface area contributed by atoms with E-state index in [1.165, 1.54) is 38.2 Å². The highest BCUT2D eigenvalue weighted by Crippen LogP contribution is 2.22. The molecule has 4 nitrogen and oxygen atoms in total. The third-order valence-electron chi connectivity index (χ3n) is 3.64. The first-order valence-electron chi connectivity index (χ1n) is 6.56. The van der Waals surface area contributed by atoms with Crippen molar-refractivity contribution in [3.8, 4) is 0 Å². The van der Waals surface area contributed by atoms with Gasteiger partial charge in [-0.2, -0.15) is 0 Å². The topological polar surface area (TPSA) is 53.4 Å². The lowest BCUT2D eigenvalue weighted by Gasteiger charge is -2.30. The van der Waals surface area contributed by atoms with Gasteiger partial charge in [0.2, 0.25) is 0 Å². The van der Waals surface area contributed by atoms with Crippen LogP contribution in [0, 0.1) is 0 Å². The molecular weight excluding hydrogens is 228 g/mol. The van der Waals surface area contributed by atoms with Gasteiger partial charge >= 0.3 is 5.97 Å². The lowest BCUT2D eigenvalue weighted by Crippen LogP contribution is -2.33. The van der Waals surface area contributed by atoms with Gasteiger partial charge in [0.15, 0.2) is 0 Å². The Balaban J connectivity index is 1.99. The first-order valence-corrected chi connectivity index (χ1v) is 6.56. The van der Waals surface area contributed by atoms with Gasteiger partial charge in [-0.1, -0.05) is 25.3 Å². The Hall–Kier alpha value is -1.42. The molecule has 98 valence electrons. The maximum Gasteiger partial charge on any atom is 0.354 e. The van der Waals surface area contributed by atoms with Crippen LogP contribution < -0.4 is 0 Å². The van der Waals surface area contributed by atoms with Gasteiger partial charge in [-0.25, -0.2) is 9.78 Å². The van der Waals surface area contributed by atoms with Crippen molar-refractivity contribution >= 4 is 5.97 Å². The first-order chi connectivity index (χ1) is 8.66. The third kappa shape index (κ3) is 3.29. The van der Waals surface area contributed by atoms with Crippen LogP contribution in [0.2, 0.25) is 0 Å². The van der Waals surface area contributed by atoms with Crippen LogP contribution in [0.5, 0.6) is 0 Å². The first kappa shape index (κ1) is 13.0. The molecule has 0 amide bonds. The number of aromatic carboxylic acids is 1. The molecule has 4 heteroatoms. The van der Waals surface area contributed by atoms with Crippen LogP contribution in [0.15, 0.2) is 18.2 Å². The fourth-order valence-electron chi connectivity index (χ4n) is 2.59. The summed E-state index contributed by atoms with van der Waals surface area (Å²) in [6.45, 7) is 0.728.